The lowest BCUT2D eigenvalue weighted by atomic mass is 10.1. The van der Waals surface area contributed by atoms with Gasteiger partial charge in [0.15, 0.2) is 0 Å². The van der Waals surface area contributed by atoms with E-state index in [-0.39, 0.29) is 11.0 Å². The number of benzene rings is 2. The minimum atomic E-state index is 0.196. The molecule has 0 saturated carbocycles. The highest BCUT2D eigenvalue weighted by Crippen LogP contribution is 2.37. The first-order valence-corrected chi connectivity index (χ1v) is 7.31. The zero-order chi connectivity index (χ0) is 13.7. The second kappa shape index (κ2) is 6.58. The number of aryl methyl sites for hydroxylation is 1. The molecular formula is C17H18OS. The molecule has 98 valence electrons. The van der Waals surface area contributed by atoms with Crippen molar-refractivity contribution < 1.29 is 4.79 Å². The van der Waals surface area contributed by atoms with Gasteiger partial charge in [-0.1, -0.05) is 48.0 Å². The summed E-state index contributed by atoms with van der Waals surface area (Å²) in [4.78, 5) is 12.7. The van der Waals surface area contributed by atoms with Crippen molar-refractivity contribution >= 4 is 17.5 Å². The first-order chi connectivity index (χ1) is 9.15. The quantitative estimate of drug-likeness (QED) is 0.725. The van der Waals surface area contributed by atoms with Crippen molar-refractivity contribution in [2.45, 2.75) is 30.4 Å². The Hall–Kier alpha value is -1.54. The molecule has 0 amide bonds. The second-order valence-corrected chi connectivity index (χ2v) is 6.01. The molecule has 2 rings (SSSR count). The van der Waals surface area contributed by atoms with E-state index in [1.807, 2.05) is 18.2 Å². The summed E-state index contributed by atoms with van der Waals surface area (Å²) in [5.41, 5.74) is 2.47. The summed E-state index contributed by atoms with van der Waals surface area (Å²) >= 11 is 1.76. The molecule has 2 aromatic rings. The third kappa shape index (κ3) is 4.25. The average Bonchev–Trinajstić information content (AvgIpc) is 2.41. The van der Waals surface area contributed by atoms with Gasteiger partial charge in [-0.3, -0.25) is 4.79 Å². The van der Waals surface area contributed by atoms with Gasteiger partial charge in [0.1, 0.15) is 5.78 Å². The Morgan fingerprint density at radius 2 is 1.68 bits per heavy atom. The highest BCUT2D eigenvalue weighted by molar-refractivity contribution is 7.99. The van der Waals surface area contributed by atoms with Gasteiger partial charge in [0.05, 0.1) is 0 Å². The molecule has 0 heterocycles. The molecule has 1 atom stereocenters. The average molecular weight is 270 g/mol. The lowest BCUT2D eigenvalue weighted by Crippen LogP contribution is -2.00. The molecule has 0 aliphatic carbocycles. The standard InChI is InChI=1S/C17H18OS/c1-13-8-10-16(11-9-13)19-17(12-14(2)18)15-6-4-3-5-7-15/h3-11,17H,12H2,1-2H3/t17-/m0/s1. The van der Waals surface area contributed by atoms with Crippen molar-refractivity contribution in [3.8, 4) is 0 Å². The van der Waals surface area contributed by atoms with Crippen LogP contribution in [0, 0.1) is 6.92 Å². The van der Waals surface area contributed by atoms with Crippen LogP contribution in [0.15, 0.2) is 59.5 Å². The van der Waals surface area contributed by atoms with Crippen molar-refractivity contribution in [3.63, 3.8) is 0 Å². The minimum absolute atomic E-state index is 0.196. The lowest BCUT2D eigenvalue weighted by molar-refractivity contribution is -0.117. The fourth-order valence-electron chi connectivity index (χ4n) is 1.94. The third-order valence-electron chi connectivity index (χ3n) is 2.94. The van der Waals surface area contributed by atoms with E-state index in [0.29, 0.717) is 6.42 Å². The number of Topliss-reactive ketones (excluding diaryl/α,β-unsaturated/α-hetero) is 1. The number of carbonyl (C=O) groups is 1. The first-order valence-electron chi connectivity index (χ1n) is 6.43. The van der Waals surface area contributed by atoms with E-state index >= 15 is 0 Å². The predicted octanol–water partition coefficient (Wildman–Crippen LogP) is 4.81. The Bertz CT molecular complexity index is 531. The molecule has 19 heavy (non-hydrogen) atoms. The van der Waals surface area contributed by atoms with Gasteiger partial charge in [0, 0.05) is 16.6 Å². The van der Waals surface area contributed by atoms with Gasteiger partial charge in [-0.05, 0) is 31.5 Å². The molecule has 1 nitrogen and oxygen atoms in total. The maximum absolute atomic E-state index is 11.5. The molecule has 0 saturated heterocycles. The number of carbonyl (C=O) groups excluding carboxylic acids is 1. The normalized spacial score (nSPS) is 12.1. The summed E-state index contributed by atoms with van der Waals surface area (Å²) < 4.78 is 0. The van der Waals surface area contributed by atoms with E-state index in [4.69, 9.17) is 0 Å². The number of hydrogen-bond acceptors (Lipinski definition) is 2. The molecule has 0 radical (unpaired) electrons. The van der Waals surface area contributed by atoms with Crippen LogP contribution in [-0.4, -0.2) is 5.78 Å². The molecule has 0 N–H and O–H groups in total. The van der Waals surface area contributed by atoms with Gasteiger partial charge in [-0.25, -0.2) is 0 Å². The molecule has 0 spiro atoms. The number of rotatable bonds is 5. The smallest absolute Gasteiger partial charge is 0.131 e. The number of thioether (sulfide) groups is 1. The molecule has 0 aliphatic rings. The second-order valence-electron chi connectivity index (χ2n) is 4.74. The molecule has 2 aromatic carbocycles. The summed E-state index contributed by atoms with van der Waals surface area (Å²) in [6.07, 6.45) is 0.572. The van der Waals surface area contributed by atoms with Crippen LogP contribution in [0.1, 0.15) is 29.7 Å². The molecule has 2 heteroatoms. The molecule has 0 aromatic heterocycles. The zero-order valence-corrected chi connectivity index (χ0v) is 12.1. The Morgan fingerprint density at radius 3 is 2.26 bits per heavy atom. The molecular weight excluding hydrogens is 252 g/mol. The van der Waals surface area contributed by atoms with Crippen LogP contribution in [-0.2, 0) is 4.79 Å². The van der Waals surface area contributed by atoms with E-state index in [0.717, 1.165) is 0 Å². The van der Waals surface area contributed by atoms with E-state index in [1.165, 1.54) is 16.0 Å². The summed E-state index contributed by atoms with van der Waals surface area (Å²) in [5.74, 6) is 0.230. The van der Waals surface area contributed by atoms with E-state index in [2.05, 4.69) is 43.3 Å². The third-order valence-corrected chi connectivity index (χ3v) is 4.21. The topological polar surface area (TPSA) is 17.1 Å². The summed E-state index contributed by atoms with van der Waals surface area (Å²) in [6.45, 7) is 3.74. The van der Waals surface area contributed by atoms with Crippen LogP contribution in [0.3, 0.4) is 0 Å². The van der Waals surface area contributed by atoms with E-state index in [9.17, 15) is 4.79 Å². The molecule has 0 unspecified atom stereocenters. The Balaban J connectivity index is 2.19. The first kappa shape index (κ1) is 13.9. The van der Waals surface area contributed by atoms with Crippen LogP contribution in [0.4, 0.5) is 0 Å². The van der Waals surface area contributed by atoms with Gasteiger partial charge in [0.25, 0.3) is 0 Å². The fraction of sp³-hybridized carbons (Fsp3) is 0.235. The highest BCUT2D eigenvalue weighted by atomic mass is 32.2. The van der Waals surface area contributed by atoms with Crippen LogP contribution >= 0.6 is 11.8 Å². The highest BCUT2D eigenvalue weighted by Gasteiger charge is 2.15. The summed E-state index contributed by atoms with van der Waals surface area (Å²) in [6, 6.07) is 18.7. The SMILES string of the molecule is CC(=O)C[C@H](Sc1ccc(C)cc1)c1ccccc1. The largest absolute Gasteiger partial charge is 0.300 e. The minimum Gasteiger partial charge on any atom is -0.300 e. The maximum Gasteiger partial charge on any atom is 0.131 e. The van der Waals surface area contributed by atoms with Crippen molar-refractivity contribution in [2.75, 3.05) is 0 Å². The van der Waals surface area contributed by atoms with Crippen molar-refractivity contribution in [1.29, 1.82) is 0 Å². The zero-order valence-electron chi connectivity index (χ0n) is 11.3. The molecule has 0 fully saturated rings. The maximum atomic E-state index is 11.5. The van der Waals surface area contributed by atoms with Gasteiger partial charge in [0.2, 0.25) is 0 Å². The molecule has 0 aliphatic heterocycles. The monoisotopic (exact) mass is 270 g/mol. The van der Waals surface area contributed by atoms with Crippen molar-refractivity contribution in [2.24, 2.45) is 0 Å². The van der Waals surface area contributed by atoms with Crippen LogP contribution in [0.5, 0.6) is 0 Å². The van der Waals surface area contributed by atoms with E-state index in [1.54, 1.807) is 18.7 Å². The van der Waals surface area contributed by atoms with Gasteiger partial charge in [-0.2, -0.15) is 0 Å². The van der Waals surface area contributed by atoms with E-state index < -0.39 is 0 Å². The predicted molar refractivity (Wildman–Crippen MR) is 81.5 cm³/mol. The number of hydrogen-bond donors (Lipinski definition) is 0. The van der Waals surface area contributed by atoms with Crippen LogP contribution in [0.25, 0.3) is 0 Å². The van der Waals surface area contributed by atoms with Gasteiger partial charge >= 0.3 is 0 Å². The molecule has 0 bridgehead atoms. The Morgan fingerprint density at radius 1 is 1.05 bits per heavy atom. The Kier molecular flexibility index (Phi) is 4.80. The summed E-state index contributed by atoms with van der Waals surface area (Å²) in [7, 11) is 0. The lowest BCUT2D eigenvalue weighted by Gasteiger charge is -2.15. The van der Waals surface area contributed by atoms with Crippen LogP contribution in [0.2, 0.25) is 0 Å². The van der Waals surface area contributed by atoms with Crippen molar-refractivity contribution in [1.82, 2.24) is 0 Å². The van der Waals surface area contributed by atoms with Gasteiger partial charge < -0.3 is 0 Å². The fourth-order valence-corrected chi connectivity index (χ4v) is 3.17. The Labute approximate surface area is 119 Å². The van der Waals surface area contributed by atoms with Crippen LogP contribution < -0.4 is 0 Å². The van der Waals surface area contributed by atoms with Crippen molar-refractivity contribution in [3.05, 3.63) is 65.7 Å². The van der Waals surface area contributed by atoms with Gasteiger partial charge in [-0.15, -0.1) is 11.8 Å². The summed E-state index contributed by atoms with van der Waals surface area (Å²) in [5, 5.41) is 0.196. The number of ketones is 1.